The molecular formula is C23H25N5O3. The smallest absolute Gasteiger partial charge is 0.256 e. The lowest BCUT2D eigenvalue weighted by Crippen LogP contribution is -2.68. The second kappa shape index (κ2) is 7.37. The molecule has 2 aromatic rings. The van der Waals surface area contributed by atoms with Crippen LogP contribution in [-0.4, -0.2) is 52.9 Å². The number of aromatic nitrogens is 1. The van der Waals surface area contributed by atoms with E-state index in [1.165, 1.54) is 0 Å². The lowest BCUT2D eigenvalue weighted by Gasteiger charge is -2.51. The van der Waals surface area contributed by atoms with E-state index in [0.29, 0.717) is 49.4 Å². The molecule has 31 heavy (non-hydrogen) atoms. The van der Waals surface area contributed by atoms with Crippen molar-refractivity contribution >= 4 is 23.5 Å². The average Bonchev–Trinajstić information content (AvgIpc) is 3.10. The number of hydrogen-bond acceptors (Lipinski definition) is 5. The molecule has 1 atom stereocenters. The van der Waals surface area contributed by atoms with Crippen molar-refractivity contribution in [1.29, 1.82) is 0 Å². The molecule has 160 valence electrons. The Morgan fingerprint density at radius 2 is 1.84 bits per heavy atom. The van der Waals surface area contributed by atoms with Crippen molar-refractivity contribution in [2.24, 2.45) is 0 Å². The molecule has 1 aromatic carbocycles. The number of rotatable bonds is 3. The third kappa shape index (κ3) is 3.13. The molecule has 2 N–H and O–H groups in total. The number of nitrogens with one attached hydrogen (secondary N) is 2. The molecule has 1 aromatic heterocycles. The van der Waals surface area contributed by atoms with Crippen LogP contribution in [-0.2, 0) is 4.79 Å². The zero-order chi connectivity index (χ0) is 21.6. The number of likely N-dealkylation sites (tertiary alicyclic amines) is 1. The maximum Gasteiger partial charge on any atom is 0.256 e. The van der Waals surface area contributed by atoms with Gasteiger partial charge in [0.15, 0.2) is 0 Å². The molecule has 8 heteroatoms. The number of piperidine rings is 1. The van der Waals surface area contributed by atoms with E-state index in [9.17, 15) is 14.4 Å². The summed E-state index contributed by atoms with van der Waals surface area (Å²) in [7, 11) is 0. The van der Waals surface area contributed by atoms with Gasteiger partial charge < -0.3 is 20.4 Å². The summed E-state index contributed by atoms with van der Waals surface area (Å²) in [6, 6.07) is 10.7. The Morgan fingerprint density at radius 1 is 1.10 bits per heavy atom. The summed E-state index contributed by atoms with van der Waals surface area (Å²) >= 11 is 0. The van der Waals surface area contributed by atoms with Crippen LogP contribution in [0.25, 0.3) is 0 Å². The first-order valence-electron chi connectivity index (χ1n) is 10.7. The fourth-order valence-electron chi connectivity index (χ4n) is 5.10. The predicted molar refractivity (Wildman–Crippen MR) is 115 cm³/mol. The molecule has 8 nitrogen and oxygen atoms in total. The Kier molecular flexibility index (Phi) is 4.64. The summed E-state index contributed by atoms with van der Waals surface area (Å²) in [5.74, 6) is 0.484. The third-order valence-electron chi connectivity index (χ3n) is 6.67. The normalized spacial score (nSPS) is 21.4. The average molecular weight is 419 g/mol. The third-order valence-corrected chi connectivity index (χ3v) is 6.67. The summed E-state index contributed by atoms with van der Waals surface area (Å²) in [6.07, 6.45) is 3.20. The molecule has 3 amide bonds. The Bertz CT molecular complexity index is 1060. The molecule has 0 saturated carbocycles. The van der Waals surface area contributed by atoms with E-state index in [0.717, 1.165) is 5.56 Å². The Labute approximate surface area is 180 Å². The zero-order valence-electron chi connectivity index (χ0n) is 17.4. The van der Waals surface area contributed by atoms with Crippen LogP contribution in [0.4, 0.5) is 5.82 Å². The fourth-order valence-corrected chi connectivity index (χ4v) is 5.10. The highest BCUT2D eigenvalue weighted by Crippen LogP contribution is 2.36. The molecule has 4 heterocycles. The number of pyridine rings is 1. The Hall–Kier alpha value is -3.42. The number of benzene rings is 1. The molecule has 0 radical (unpaired) electrons. The van der Waals surface area contributed by atoms with Crippen LogP contribution >= 0.6 is 0 Å². The van der Waals surface area contributed by atoms with E-state index in [4.69, 9.17) is 0 Å². The minimum absolute atomic E-state index is 0.0144. The van der Waals surface area contributed by atoms with Gasteiger partial charge in [0, 0.05) is 44.2 Å². The summed E-state index contributed by atoms with van der Waals surface area (Å²) in [4.78, 5) is 46.3. The number of carbonyl (C=O) groups excluding carboxylic acids is 3. The first-order valence-corrected chi connectivity index (χ1v) is 10.7. The summed E-state index contributed by atoms with van der Waals surface area (Å²) in [5.41, 5.74) is 1.59. The molecule has 3 aliphatic heterocycles. The summed E-state index contributed by atoms with van der Waals surface area (Å²) in [5, 5.41) is 6.11. The lowest BCUT2D eigenvalue weighted by molar-refractivity contribution is -0.133. The maximum absolute atomic E-state index is 13.0. The van der Waals surface area contributed by atoms with E-state index in [-0.39, 0.29) is 30.2 Å². The molecule has 1 spiro atoms. The molecule has 5 rings (SSSR count). The minimum Gasteiger partial charge on any atom is -0.345 e. The highest BCUT2D eigenvalue weighted by atomic mass is 16.2. The summed E-state index contributed by atoms with van der Waals surface area (Å²) in [6.45, 7) is 3.85. The highest BCUT2D eigenvalue weighted by Gasteiger charge is 2.46. The number of carbonyl (C=O) groups is 3. The van der Waals surface area contributed by atoms with Crippen LogP contribution in [0.3, 0.4) is 0 Å². The van der Waals surface area contributed by atoms with Crippen molar-refractivity contribution < 1.29 is 14.4 Å². The van der Waals surface area contributed by atoms with E-state index in [1.54, 1.807) is 24.4 Å². The van der Waals surface area contributed by atoms with Crippen LogP contribution < -0.4 is 15.5 Å². The SMILES string of the molecule is CCN1c2ncccc2C(=O)NC12CCN(C(=O)C[C@H]1NC(=O)c3ccccc31)CC2. The van der Waals surface area contributed by atoms with Crippen LogP contribution in [0.5, 0.6) is 0 Å². The quantitative estimate of drug-likeness (QED) is 0.792. The van der Waals surface area contributed by atoms with Crippen LogP contribution in [0, 0.1) is 0 Å². The van der Waals surface area contributed by atoms with Gasteiger partial charge in [-0.1, -0.05) is 18.2 Å². The van der Waals surface area contributed by atoms with Gasteiger partial charge in [-0.05, 0) is 30.7 Å². The van der Waals surface area contributed by atoms with Gasteiger partial charge in [-0.25, -0.2) is 4.98 Å². The van der Waals surface area contributed by atoms with Gasteiger partial charge in [0.2, 0.25) is 5.91 Å². The fraction of sp³-hybridized carbons (Fsp3) is 0.391. The first-order chi connectivity index (χ1) is 15.0. The van der Waals surface area contributed by atoms with Gasteiger partial charge in [-0.3, -0.25) is 14.4 Å². The van der Waals surface area contributed by atoms with Gasteiger partial charge in [-0.15, -0.1) is 0 Å². The molecule has 1 saturated heterocycles. The van der Waals surface area contributed by atoms with Crippen LogP contribution in [0.15, 0.2) is 42.6 Å². The molecular weight excluding hydrogens is 394 g/mol. The van der Waals surface area contributed by atoms with Crippen molar-refractivity contribution in [2.45, 2.75) is 37.9 Å². The second-order valence-electron chi connectivity index (χ2n) is 8.30. The number of amides is 3. The molecule has 0 unspecified atom stereocenters. The van der Waals surface area contributed by atoms with Crippen LogP contribution in [0.1, 0.15) is 58.5 Å². The highest BCUT2D eigenvalue weighted by molar-refractivity contribution is 6.01. The van der Waals surface area contributed by atoms with Crippen LogP contribution in [0.2, 0.25) is 0 Å². The van der Waals surface area contributed by atoms with E-state index in [2.05, 4.69) is 27.4 Å². The van der Waals surface area contributed by atoms with Crippen molar-refractivity contribution in [3.05, 3.63) is 59.3 Å². The van der Waals surface area contributed by atoms with Gasteiger partial charge in [0.25, 0.3) is 11.8 Å². The van der Waals surface area contributed by atoms with Crippen molar-refractivity contribution in [3.63, 3.8) is 0 Å². The van der Waals surface area contributed by atoms with Crippen molar-refractivity contribution in [3.8, 4) is 0 Å². The van der Waals surface area contributed by atoms with E-state index >= 15 is 0 Å². The zero-order valence-corrected chi connectivity index (χ0v) is 17.4. The van der Waals surface area contributed by atoms with E-state index < -0.39 is 5.66 Å². The minimum atomic E-state index is -0.530. The van der Waals surface area contributed by atoms with Gasteiger partial charge in [-0.2, -0.15) is 0 Å². The molecule has 3 aliphatic rings. The summed E-state index contributed by atoms with van der Waals surface area (Å²) < 4.78 is 0. The van der Waals surface area contributed by atoms with Gasteiger partial charge >= 0.3 is 0 Å². The molecule has 0 aliphatic carbocycles. The number of anilines is 1. The van der Waals surface area contributed by atoms with Gasteiger partial charge in [0.1, 0.15) is 11.5 Å². The molecule has 1 fully saturated rings. The maximum atomic E-state index is 13.0. The number of fused-ring (bicyclic) bond motifs is 2. The standard InChI is InChI=1S/C23H25N5O3/c1-2-28-20-17(8-5-11-24-20)22(31)26-23(28)9-12-27(13-10-23)19(29)14-18-15-6-3-4-7-16(15)21(30)25-18/h3-8,11,18H,2,9-10,12-14H2,1H3,(H,25,30)(H,26,31)/t18-/m1/s1. The monoisotopic (exact) mass is 419 g/mol. The van der Waals surface area contributed by atoms with Gasteiger partial charge in [0.05, 0.1) is 18.0 Å². The Balaban J connectivity index is 1.29. The Morgan fingerprint density at radius 3 is 2.61 bits per heavy atom. The van der Waals surface area contributed by atoms with Crippen molar-refractivity contribution in [1.82, 2.24) is 20.5 Å². The topological polar surface area (TPSA) is 94.6 Å². The first kappa shape index (κ1) is 19.5. The predicted octanol–water partition coefficient (Wildman–Crippen LogP) is 1.84. The molecule has 0 bridgehead atoms. The number of hydrogen-bond donors (Lipinski definition) is 2. The lowest BCUT2D eigenvalue weighted by atomic mass is 9.90. The van der Waals surface area contributed by atoms with E-state index in [1.807, 2.05) is 23.1 Å². The largest absolute Gasteiger partial charge is 0.345 e. The number of nitrogens with zero attached hydrogens (tertiary/aromatic N) is 3. The second-order valence-corrected chi connectivity index (χ2v) is 8.30. The van der Waals surface area contributed by atoms with Crippen molar-refractivity contribution in [2.75, 3.05) is 24.5 Å².